The van der Waals surface area contributed by atoms with E-state index < -0.39 is 0 Å². The van der Waals surface area contributed by atoms with Crippen LogP contribution >= 0.6 is 0 Å². The van der Waals surface area contributed by atoms with Crippen molar-refractivity contribution in [1.29, 1.82) is 0 Å². The minimum Gasteiger partial charge on any atom is -0.457 e. The first-order valence-corrected chi connectivity index (χ1v) is 9.50. The lowest BCUT2D eigenvalue weighted by molar-refractivity contribution is -0.0229. The predicted molar refractivity (Wildman–Crippen MR) is 109 cm³/mol. The summed E-state index contributed by atoms with van der Waals surface area (Å²) in [5, 5.41) is 0. The van der Waals surface area contributed by atoms with Gasteiger partial charge in [0.05, 0.1) is 18.7 Å². The Labute approximate surface area is 165 Å². The van der Waals surface area contributed by atoms with Crippen LogP contribution in [0.15, 0.2) is 78.9 Å². The number of para-hydroxylation sites is 2. The molecule has 1 heterocycles. The van der Waals surface area contributed by atoms with Crippen LogP contribution in [0.25, 0.3) is 0 Å². The first kappa shape index (κ1) is 18.3. The van der Waals surface area contributed by atoms with Crippen LogP contribution in [0.1, 0.15) is 27.6 Å². The second-order valence-electron chi connectivity index (χ2n) is 6.93. The van der Waals surface area contributed by atoms with Gasteiger partial charge in [0.1, 0.15) is 17.6 Å². The molecule has 1 saturated heterocycles. The van der Waals surface area contributed by atoms with Crippen LogP contribution in [0, 0.1) is 6.92 Å². The number of morpholine rings is 1. The van der Waals surface area contributed by atoms with E-state index in [1.807, 2.05) is 59.5 Å². The van der Waals surface area contributed by atoms with Crippen molar-refractivity contribution >= 4 is 5.91 Å². The molecule has 1 aliphatic heterocycles. The van der Waals surface area contributed by atoms with Crippen LogP contribution in [0.2, 0.25) is 0 Å². The second-order valence-corrected chi connectivity index (χ2v) is 6.93. The Hall–Kier alpha value is -3.11. The lowest BCUT2D eigenvalue weighted by Crippen LogP contribution is -2.42. The normalized spacial score (nSPS) is 16.6. The van der Waals surface area contributed by atoms with Gasteiger partial charge in [0.2, 0.25) is 0 Å². The van der Waals surface area contributed by atoms with Crippen LogP contribution in [0.4, 0.5) is 0 Å². The van der Waals surface area contributed by atoms with Gasteiger partial charge < -0.3 is 14.4 Å². The maximum atomic E-state index is 13.2. The van der Waals surface area contributed by atoms with Gasteiger partial charge in [-0.25, -0.2) is 0 Å². The first-order chi connectivity index (χ1) is 13.7. The zero-order chi connectivity index (χ0) is 19.3. The lowest BCUT2D eigenvalue weighted by atomic mass is 10.1. The standard InChI is InChI=1S/C24H23NO3/c1-18-11-13-19(14-12-18)23-17-25(15-16-27-23)24(26)21-9-5-6-10-22(21)28-20-7-3-2-4-8-20/h2-14,23H,15-17H2,1H3. The molecule has 1 unspecified atom stereocenters. The average Bonchev–Trinajstić information content (AvgIpc) is 2.75. The number of rotatable bonds is 4. The van der Waals surface area contributed by atoms with Gasteiger partial charge in [-0.3, -0.25) is 4.79 Å². The van der Waals surface area contributed by atoms with E-state index in [1.54, 1.807) is 0 Å². The Morgan fingerprint density at radius 1 is 0.964 bits per heavy atom. The molecule has 1 amide bonds. The summed E-state index contributed by atoms with van der Waals surface area (Å²) in [5.74, 6) is 1.24. The lowest BCUT2D eigenvalue weighted by Gasteiger charge is -2.33. The third-order valence-corrected chi connectivity index (χ3v) is 4.89. The van der Waals surface area contributed by atoms with Gasteiger partial charge in [-0.2, -0.15) is 0 Å². The van der Waals surface area contributed by atoms with Crippen LogP contribution in [0.3, 0.4) is 0 Å². The van der Waals surface area contributed by atoms with E-state index in [9.17, 15) is 4.79 Å². The summed E-state index contributed by atoms with van der Waals surface area (Å²) in [6, 6.07) is 25.2. The Morgan fingerprint density at radius 2 is 1.68 bits per heavy atom. The van der Waals surface area contributed by atoms with Gasteiger partial charge in [0.15, 0.2) is 0 Å². The Balaban J connectivity index is 1.53. The van der Waals surface area contributed by atoms with Crippen LogP contribution < -0.4 is 4.74 Å². The fraction of sp³-hybridized carbons (Fsp3) is 0.208. The Morgan fingerprint density at radius 3 is 2.46 bits per heavy atom. The summed E-state index contributed by atoms with van der Waals surface area (Å²) < 4.78 is 11.9. The summed E-state index contributed by atoms with van der Waals surface area (Å²) in [6.45, 7) is 3.68. The molecule has 4 nitrogen and oxygen atoms in total. The maximum Gasteiger partial charge on any atom is 0.257 e. The highest BCUT2D eigenvalue weighted by atomic mass is 16.5. The maximum absolute atomic E-state index is 13.2. The molecule has 0 aromatic heterocycles. The van der Waals surface area contributed by atoms with Crippen LogP contribution in [-0.2, 0) is 4.74 Å². The third-order valence-electron chi connectivity index (χ3n) is 4.89. The molecule has 1 atom stereocenters. The summed E-state index contributed by atoms with van der Waals surface area (Å²) >= 11 is 0. The van der Waals surface area contributed by atoms with E-state index in [0.717, 1.165) is 5.56 Å². The summed E-state index contributed by atoms with van der Waals surface area (Å²) in [5.41, 5.74) is 2.87. The molecule has 4 heteroatoms. The largest absolute Gasteiger partial charge is 0.457 e. The monoisotopic (exact) mass is 373 g/mol. The third kappa shape index (κ3) is 4.07. The summed E-state index contributed by atoms with van der Waals surface area (Å²) in [7, 11) is 0. The van der Waals surface area contributed by atoms with Gasteiger partial charge >= 0.3 is 0 Å². The Kier molecular flexibility index (Phi) is 5.40. The van der Waals surface area contributed by atoms with E-state index in [-0.39, 0.29) is 12.0 Å². The molecule has 28 heavy (non-hydrogen) atoms. The van der Waals surface area contributed by atoms with E-state index >= 15 is 0 Å². The van der Waals surface area contributed by atoms with E-state index in [0.29, 0.717) is 36.8 Å². The quantitative estimate of drug-likeness (QED) is 0.646. The van der Waals surface area contributed by atoms with Gasteiger partial charge in [-0.15, -0.1) is 0 Å². The molecule has 0 N–H and O–H groups in total. The molecule has 1 aliphatic rings. The average molecular weight is 373 g/mol. The number of benzene rings is 3. The van der Waals surface area contributed by atoms with Gasteiger partial charge in [-0.1, -0.05) is 60.2 Å². The minimum atomic E-state index is -0.111. The van der Waals surface area contributed by atoms with Crippen molar-refractivity contribution in [2.75, 3.05) is 19.7 Å². The van der Waals surface area contributed by atoms with E-state index in [4.69, 9.17) is 9.47 Å². The number of hydrogen-bond acceptors (Lipinski definition) is 3. The predicted octanol–water partition coefficient (Wildman–Crippen LogP) is 5.00. The van der Waals surface area contributed by atoms with Crippen molar-refractivity contribution in [1.82, 2.24) is 4.90 Å². The number of carbonyl (C=O) groups excluding carboxylic acids is 1. The molecule has 142 valence electrons. The SMILES string of the molecule is Cc1ccc(C2CN(C(=O)c3ccccc3Oc3ccccc3)CCO2)cc1. The zero-order valence-corrected chi connectivity index (χ0v) is 15.9. The number of aryl methyl sites for hydroxylation is 1. The molecule has 4 rings (SSSR count). The zero-order valence-electron chi connectivity index (χ0n) is 15.9. The smallest absolute Gasteiger partial charge is 0.257 e. The number of amides is 1. The molecule has 3 aromatic carbocycles. The fourth-order valence-corrected chi connectivity index (χ4v) is 3.33. The fourth-order valence-electron chi connectivity index (χ4n) is 3.33. The number of carbonyl (C=O) groups is 1. The van der Waals surface area contributed by atoms with Gasteiger partial charge in [-0.05, 0) is 36.8 Å². The van der Waals surface area contributed by atoms with E-state index in [2.05, 4.69) is 31.2 Å². The molecule has 0 saturated carbocycles. The van der Waals surface area contributed by atoms with Crippen molar-refractivity contribution in [2.24, 2.45) is 0 Å². The van der Waals surface area contributed by atoms with Crippen LogP contribution in [-0.4, -0.2) is 30.5 Å². The van der Waals surface area contributed by atoms with Crippen molar-refractivity contribution in [3.8, 4) is 11.5 Å². The molecule has 0 bridgehead atoms. The van der Waals surface area contributed by atoms with E-state index in [1.165, 1.54) is 5.56 Å². The minimum absolute atomic E-state index is 0.0352. The molecular weight excluding hydrogens is 350 g/mol. The Bertz CT molecular complexity index is 938. The van der Waals surface area contributed by atoms with Crippen molar-refractivity contribution in [3.63, 3.8) is 0 Å². The van der Waals surface area contributed by atoms with Gasteiger partial charge in [0.25, 0.3) is 5.91 Å². The molecule has 0 radical (unpaired) electrons. The summed E-state index contributed by atoms with van der Waals surface area (Å²) in [4.78, 5) is 15.1. The molecule has 1 fully saturated rings. The topological polar surface area (TPSA) is 38.8 Å². The van der Waals surface area contributed by atoms with Crippen LogP contribution in [0.5, 0.6) is 11.5 Å². The highest BCUT2D eigenvalue weighted by Gasteiger charge is 2.27. The highest BCUT2D eigenvalue weighted by molar-refractivity contribution is 5.97. The summed E-state index contributed by atoms with van der Waals surface area (Å²) in [6.07, 6.45) is -0.111. The van der Waals surface area contributed by atoms with Gasteiger partial charge in [0, 0.05) is 6.54 Å². The number of hydrogen-bond donors (Lipinski definition) is 0. The molecular formula is C24H23NO3. The first-order valence-electron chi connectivity index (χ1n) is 9.50. The molecule has 0 aliphatic carbocycles. The highest BCUT2D eigenvalue weighted by Crippen LogP contribution is 2.28. The number of ether oxygens (including phenoxy) is 2. The second kappa shape index (κ2) is 8.28. The number of nitrogens with zero attached hydrogens (tertiary/aromatic N) is 1. The molecule has 3 aromatic rings. The van der Waals surface area contributed by atoms with Crippen molar-refractivity contribution in [2.45, 2.75) is 13.0 Å². The molecule has 0 spiro atoms. The van der Waals surface area contributed by atoms with Crippen molar-refractivity contribution < 1.29 is 14.3 Å². The van der Waals surface area contributed by atoms with Crippen molar-refractivity contribution in [3.05, 3.63) is 95.6 Å².